The number of halogens is 3. The Hall–Kier alpha value is -2.94. The standard InChI is InChI=1S/C15H16F3N5O/c1-24-11-6-7-13(12(8-11)14(19)22-23-20)21-10-4-2-9(3-5-10)15(16,17)18/h2-8,21,23H,20H2,1H3,(H2,19,22). The lowest BCUT2D eigenvalue weighted by atomic mass is 10.1. The van der Waals surface area contributed by atoms with Crippen LogP contribution in [-0.2, 0) is 6.18 Å². The van der Waals surface area contributed by atoms with Gasteiger partial charge in [0.1, 0.15) is 5.75 Å². The molecular weight excluding hydrogens is 323 g/mol. The summed E-state index contributed by atoms with van der Waals surface area (Å²) in [5.74, 6) is 5.75. The van der Waals surface area contributed by atoms with E-state index in [1.54, 1.807) is 18.2 Å². The van der Waals surface area contributed by atoms with Crippen molar-refractivity contribution in [2.45, 2.75) is 6.18 Å². The van der Waals surface area contributed by atoms with Gasteiger partial charge in [-0.3, -0.25) is 0 Å². The quantitative estimate of drug-likeness (QED) is 0.290. The number of nitrogens with one attached hydrogen (secondary N) is 2. The lowest BCUT2D eigenvalue weighted by Crippen LogP contribution is -2.23. The van der Waals surface area contributed by atoms with E-state index in [1.165, 1.54) is 19.2 Å². The van der Waals surface area contributed by atoms with E-state index in [0.717, 1.165) is 12.1 Å². The molecule has 6 nitrogen and oxygen atoms in total. The first-order chi connectivity index (χ1) is 11.3. The van der Waals surface area contributed by atoms with Gasteiger partial charge in [0.25, 0.3) is 0 Å². The number of benzene rings is 2. The highest BCUT2D eigenvalue weighted by Crippen LogP contribution is 2.31. The van der Waals surface area contributed by atoms with Gasteiger partial charge in [-0.2, -0.15) is 13.2 Å². The summed E-state index contributed by atoms with van der Waals surface area (Å²) in [5, 5.41) is 6.69. The van der Waals surface area contributed by atoms with Crippen LogP contribution in [0.4, 0.5) is 24.5 Å². The summed E-state index contributed by atoms with van der Waals surface area (Å²) in [5.41, 5.74) is 8.66. The van der Waals surface area contributed by atoms with Crippen molar-refractivity contribution >= 4 is 17.2 Å². The molecule has 0 bridgehead atoms. The van der Waals surface area contributed by atoms with Gasteiger partial charge in [-0.25, -0.2) is 11.4 Å². The van der Waals surface area contributed by atoms with Gasteiger partial charge in [-0.1, -0.05) is 0 Å². The molecule has 0 unspecified atom stereocenters. The molecule has 0 radical (unpaired) electrons. The van der Waals surface area contributed by atoms with Crippen LogP contribution in [0.3, 0.4) is 0 Å². The first kappa shape index (κ1) is 17.4. The molecule has 9 heteroatoms. The van der Waals surface area contributed by atoms with Crippen molar-refractivity contribution in [2.75, 3.05) is 12.4 Å². The number of ether oxygens (including phenoxy) is 1. The highest BCUT2D eigenvalue weighted by Gasteiger charge is 2.29. The fraction of sp³-hybridized carbons (Fsp3) is 0.133. The average molecular weight is 339 g/mol. The Balaban J connectivity index is 2.33. The summed E-state index contributed by atoms with van der Waals surface area (Å²) >= 11 is 0. The number of amidine groups is 1. The van der Waals surface area contributed by atoms with E-state index in [1.807, 2.05) is 0 Å². The number of hydrogen-bond donors (Lipinski definition) is 4. The molecule has 128 valence electrons. The van der Waals surface area contributed by atoms with Crippen LogP contribution in [0.1, 0.15) is 11.1 Å². The summed E-state index contributed by atoms with van der Waals surface area (Å²) in [7, 11) is 1.50. The highest BCUT2D eigenvalue weighted by atomic mass is 19.4. The molecule has 2 aromatic rings. The Kier molecular flexibility index (Phi) is 5.14. The fourth-order valence-electron chi connectivity index (χ4n) is 2.00. The van der Waals surface area contributed by atoms with Gasteiger partial charge in [-0.05, 0) is 42.5 Å². The van der Waals surface area contributed by atoms with Crippen LogP contribution < -0.4 is 27.2 Å². The minimum Gasteiger partial charge on any atom is -0.497 e. The van der Waals surface area contributed by atoms with Gasteiger partial charge < -0.3 is 15.8 Å². The highest BCUT2D eigenvalue weighted by molar-refractivity contribution is 6.03. The number of alkyl halides is 3. The number of nitrogens with two attached hydrogens (primary N) is 2. The lowest BCUT2D eigenvalue weighted by Gasteiger charge is -2.14. The average Bonchev–Trinajstić information content (AvgIpc) is 2.55. The van der Waals surface area contributed by atoms with Crippen LogP contribution >= 0.6 is 0 Å². The van der Waals surface area contributed by atoms with Gasteiger partial charge in [0, 0.05) is 16.9 Å². The summed E-state index contributed by atoms with van der Waals surface area (Å²) in [6.45, 7) is 0. The molecule has 0 fully saturated rings. The summed E-state index contributed by atoms with van der Waals surface area (Å²) < 4.78 is 42.9. The maximum Gasteiger partial charge on any atom is 0.416 e. The van der Waals surface area contributed by atoms with E-state index < -0.39 is 11.7 Å². The van der Waals surface area contributed by atoms with Crippen LogP contribution in [-0.4, -0.2) is 12.9 Å². The molecule has 0 aliphatic heterocycles. The summed E-state index contributed by atoms with van der Waals surface area (Å²) in [4.78, 5) is 0. The zero-order valence-corrected chi connectivity index (χ0v) is 12.7. The topological polar surface area (TPSA) is 97.7 Å². The Labute approximate surface area is 136 Å². The molecular formula is C15H16F3N5O. The summed E-state index contributed by atoms with van der Waals surface area (Å²) in [6, 6.07) is 9.61. The van der Waals surface area contributed by atoms with Crippen molar-refractivity contribution in [1.29, 1.82) is 0 Å². The Morgan fingerprint density at radius 3 is 2.33 bits per heavy atom. The van der Waals surface area contributed by atoms with Crippen molar-refractivity contribution in [3.8, 4) is 5.75 Å². The zero-order valence-electron chi connectivity index (χ0n) is 12.7. The zero-order chi connectivity index (χ0) is 17.7. The van der Waals surface area contributed by atoms with E-state index >= 15 is 0 Å². The largest absolute Gasteiger partial charge is 0.497 e. The van der Waals surface area contributed by atoms with Crippen LogP contribution in [0.2, 0.25) is 0 Å². The Bertz CT molecular complexity index is 729. The van der Waals surface area contributed by atoms with Crippen LogP contribution in [0, 0.1) is 0 Å². The van der Waals surface area contributed by atoms with Crippen molar-refractivity contribution < 1.29 is 17.9 Å². The number of rotatable bonds is 5. The number of hydrazine groups is 1. The lowest BCUT2D eigenvalue weighted by molar-refractivity contribution is -0.137. The molecule has 0 spiro atoms. The number of anilines is 2. The van der Waals surface area contributed by atoms with Gasteiger partial charge in [0.2, 0.25) is 0 Å². The molecule has 0 saturated carbocycles. The molecule has 0 saturated heterocycles. The Morgan fingerprint density at radius 2 is 1.79 bits per heavy atom. The third-order valence-corrected chi connectivity index (χ3v) is 3.18. The molecule has 0 aliphatic rings. The molecule has 0 aliphatic carbocycles. The molecule has 0 atom stereocenters. The minimum atomic E-state index is -4.38. The van der Waals surface area contributed by atoms with Gasteiger partial charge in [-0.15, -0.1) is 5.10 Å². The summed E-state index contributed by atoms with van der Waals surface area (Å²) in [6.07, 6.45) is -4.38. The van der Waals surface area contributed by atoms with Crippen LogP contribution in [0.25, 0.3) is 0 Å². The monoisotopic (exact) mass is 339 g/mol. The Morgan fingerprint density at radius 1 is 1.12 bits per heavy atom. The number of methoxy groups -OCH3 is 1. The number of hydrogen-bond acceptors (Lipinski definition) is 5. The van der Waals surface area contributed by atoms with E-state index in [2.05, 4.69) is 16.0 Å². The van der Waals surface area contributed by atoms with E-state index in [-0.39, 0.29) is 5.84 Å². The number of nitrogens with zero attached hydrogens (tertiary/aromatic N) is 1. The first-order valence-corrected chi connectivity index (χ1v) is 6.76. The predicted molar refractivity (Wildman–Crippen MR) is 85.8 cm³/mol. The third kappa shape index (κ3) is 4.07. The van der Waals surface area contributed by atoms with Crippen molar-refractivity contribution in [2.24, 2.45) is 16.7 Å². The molecule has 6 N–H and O–H groups in total. The maximum absolute atomic E-state index is 12.6. The fourth-order valence-corrected chi connectivity index (χ4v) is 2.00. The van der Waals surface area contributed by atoms with E-state index in [4.69, 9.17) is 16.3 Å². The molecule has 0 heterocycles. The smallest absolute Gasteiger partial charge is 0.416 e. The second kappa shape index (κ2) is 7.09. The molecule has 0 amide bonds. The van der Waals surface area contributed by atoms with Crippen molar-refractivity contribution in [3.05, 3.63) is 53.6 Å². The first-order valence-electron chi connectivity index (χ1n) is 6.76. The molecule has 2 aromatic carbocycles. The van der Waals surface area contributed by atoms with Crippen molar-refractivity contribution in [1.82, 2.24) is 5.53 Å². The molecule has 24 heavy (non-hydrogen) atoms. The van der Waals surface area contributed by atoms with Crippen LogP contribution in [0.15, 0.2) is 47.6 Å². The predicted octanol–water partition coefficient (Wildman–Crippen LogP) is 2.54. The number of hydrazone groups is 1. The molecule has 0 aromatic heterocycles. The van der Waals surface area contributed by atoms with Crippen molar-refractivity contribution in [3.63, 3.8) is 0 Å². The normalized spacial score (nSPS) is 12.0. The van der Waals surface area contributed by atoms with Gasteiger partial charge in [0.15, 0.2) is 5.84 Å². The third-order valence-electron chi connectivity index (χ3n) is 3.18. The van der Waals surface area contributed by atoms with E-state index in [0.29, 0.717) is 22.7 Å². The van der Waals surface area contributed by atoms with E-state index in [9.17, 15) is 13.2 Å². The van der Waals surface area contributed by atoms with Gasteiger partial charge in [0.05, 0.1) is 12.7 Å². The second-order valence-corrected chi connectivity index (χ2v) is 4.74. The van der Waals surface area contributed by atoms with Crippen LogP contribution in [0.5, 0.6) is 5.75 Å². The second-order valence-electron chi connectivity index (χ2n) is 4.74. The minimum absolute atomic E-state index is 0.0887. The molecule has 2 rings (SSSR count). The van der Waals surface area contributed by atoms with Gasteiger partial charge >= 0.3 is 6.18 Å². The SMILES string of the molecule is COc1ccc(Nc2ccc(C(F)(F)F)cc2)c(/C(N)=N/NN)c1. The maximum atomic E-state index is 12.6.